The van der Waals surface area contributed by atoms with Gasteiger partial charge in [0.1, 0.15) is 12.2 Å². The van der Waals surface area contributed by atoms with Gasteiger partial charge in [0, 0.05) is 64.9 Å². The van der Waals surface area contributed by atoms with Crippen molar-refractivity contribution in [2.24, 2.45) is 0 Å². The van der Waals surface area contributed by atoms with Crippen LogP contribution in [0.4, 0.5) is 0 Å². The maximum absolute atomic E-state index is 13.8. The number of hydrogen-bond acceptors (Lipinski definition) is 16. The molecule has 0 bridgehead atoms. The molecule has 0 aliphatic carbocycles. The summed E-state index contributed by atoms with van der Waals surface area (Å²) in [6, 6.07) is 4.95. The first kappa shape index (κ1) is 108. The Bertz CT molecular complexity index is 2490. The highest BCUT2D eigenvalue weighted by Crippen LogP contribution is 2.44. The van der Waals surface area contributed by atoms with Crippen molar-refractivity contribution in [2.75, 3.05) is 79.3 Å². The Morgan fingerprint density at radius 2 is 0.623 bits per heavy atom. The third kappa shape index (κ3) is 67.6. The molecule has 0 spiro atoms. The standard InChI is InChI=1S/C92H168N4O16P2/c1-9-15-21-27-31-35-37-41-43-49-55-65-87(97)95-81(77-105-73-69-83(61-53-47-25-19-13-5)111-89(99)67-57-51-45-39-33-29-23-17-11-3)79-109-113(7,103)107-75-71-93-91(101)85-63-59-60-64-86(85)92(102)94-72-76-108-114(8,104)110-80-82(96-88(98)66-56-50-44-42-38-36-32-28-22-16-10-2)78-106-74-70-84(62-54-48-26-20-14-6)112-90(100)68-58-52-46-40-34-30-24-18-12-4/h39-40,45-46,59-60,63-64,81-84H,9-38,41-44,47-58,61-62,65-80H2,1-8H3,(H,93,101)(H,94,102)(H,95,97)(H,96,98)/b45-39-,46-40-/t81-,82-,83?,84?,113?,114?/m1/s1. The molecule has 20 nitrogen and oxygen atoms in total. The number of amides is 4. The topological polar surface area (TPSA) is 259 Å². The first-order chi connectivity index (χ1) is 55.4. The summed E-state index contributed by atoms with van der Waals surface area (Å²) in [7, 11) is -7.50. The number of benzene rings is 1. The summed E-state index contributed by atoms with van der Waals surface area (Å²) in [5.74, 6) is -1.87. The van der Waals surface area contributed by atoms with Crippen molar-refractivity contribution >= 4 is 50.8 Å². The number of unbranched alkanes of at least 4 members (excludes halogenated alkanes) is 38. The molecule has 1 aromatic rings. The molecule has 0 aromatic heterocycles. The van der Waals surface area contributed by atoms with Crippen LogP contribution in [0.3, 0.4) is 0 Å². The highest BCUT2D eigenvalue weighted by Gasteiger charge is 2.26. The molecule has 4 unspecified atom stereocenters. The van der Waals surface area contributed by atoms with E-state index >= 15 is 0 Å². The minimum absolute atomic E-state index is 0.0664. The van der Waals surface area contributed by atoms with E-state index in [0.29, 0.717) is 38.5 Å². The fourth-order valence-corrected chi connectivity index (χ4v) is 15.4. The van der Waals surface area contributed by atoms with Crippen LogP contribution in [-0.2, 0) is 65.4 Å². The van der Waals surface area contributed by atoms with Gasteiger partial charge in [0.15, 0.2) is 0 Å². The fourth-order valence-electron chi connectivity index (χ4n) is 13.5. The highest BCUT2D eigenvalue weighted by atomic mass is 31.2. The SMILES string of the molecule is CCCCCC/C=C\CCCC(=O)OC(CCCCCCC)CCOC[C@H](COP(C)(=O)OCCNC(=O)c1ccccc1C(=O)NCCOP(C)(=O)OC[C@@H](COCCC(CCCCCCC)OC(=O)CCC/C=C\CCCCCC)NC(=O)CCCCCCCCCCCCC)NC(=O)CCCCCCCCCCCCC. The van der Waals surface area contributed by atoms with Gasteiger partial charge in [0.2, 0.25) is 11.8 Å². The van der Waals surface area contributed by atoms with E-state index < -0.39 is 39.1 Å². The number of carbonyl (C=O) groups excluding carboxylic acids is 6. The molecule has 4 amide bonds. The molecule has 662 valence electrons. The van der Waals surface area contributed by atoms with Gasteiger partial charge in [-0.25, -0.2) is 0 Å². The number of carbonyl (C=O) groups is 6. The number of esters is 2. The summed E-state index contributed by atoms with van der Waals surface area (Å²) >= 11 is 0. The molecule has 0 fully saturated rings. The first-order valence-electron chi connectivity index (χ1n) is 46.2. The van der Waals surface area contributed by atoms with Crippen molar-refractivity contribution < 1.29 is 74.9 Å². The molecule has 0 heterocycles. The van der Waals surface area contributed by atoms with E-state index in [4.69, 9.17) is 37.0 Å². The number of ether oxygens (including phenoxy) is 4. The number of hydrogen-bond donors (Lipinski definition) is 4. The van der Waals surface area contributed by atoms with Crippen LogP contribution < -0.4 is 21.3 Å². The largest absolute Gasteiger partial charge is 0.462 e. The Morgan fingerprint density at radius 3 is 0.947 bits per heavy atom. The van der Waals surface area contributed by atoms with E-state index in [2.05, 4.69) is 87.1 Å². The third-order valence-corrected chi connectivity index (χ3v) is 23.1. The van der Waals surface area contributed by atoms with Crippen LogP contribution in [0.25, 0.3) is 0 Å². The van der Waals surface area contributed by atoms with Gasteiger partial charge < -0.3 is 58.3 Å². The van der Waals surface area contributed by atoms with Crippen molar-refractivity contribution in [3.63, 3.8) is 0 Å². The molecule has 114 heavy (non-hydrogen) atoms. The molecule has 6 atom stereocenters. The van der Waals surface area contributed by atoms with Crippen molar-refractivity contribution in [1.82, 2.24) is 21.3 Å². The van der Waals surface area contributed by atoms with Crippen LogP contribution in [0.5, 0.6) is 0 Å². The Labute approximate surface area is 694 Å². The lowest BCUT2D eigenvalue weighted by molar-refractivity contribution is -0.151. The van der Waals surface area contributed by atoms with Crippen LogP contribution in [0.1, 0.15) is 409 Å². The second-order valence-electron chi connectivity index (χ2n) is 31.7. The zero-order valence-corrected chi connectivity index (χ0v) is 75.4. The highest BCUT2D eigenvalue weighted by molar-refractivity contribution is 7.53. The maximum Gasteiger partial charge on any atom is 0.327 e. The van der Waals surface area contributed by atoms with E-state index in [-0.39, 0.29) is 113 Å². The van der Waals surface area contributed by atoms with Crippen LogP contribution in [0.2, 0.25) is 0 Å². The molecular weight excluding hydrogens is 1480 g/mol. The fraction of sp³-hybridized carbons (Fsp3) is 0.826. The van der Waals surface area contributed by atoms with Crippen molar-refractivity contribution in [3.8, 4) is 0 Å². The average molecular weight is 1650 g/mol. The van der Waals surface area contributed by atoms with E-state index in [1.807, 2.05) is 0 Å². The van der Waals surface area contributed by atoms with Gasteiger partial charge in [-0.2, -0.15) is 0 Å². The van der Waals surface area contributed by atoms with Crippen LogP contribution >= 0.6 is 15.2 Å². The van der Waals surface area contributed by atoms with Crippen molar-refractivity contribution in [2.45, 2.75) is 413 Å². The molecule has 0 saturated heterocycles. The summed E-state index contributed by atoms with van der Waals surface area (Å²) in [4.78, 5) is 80.3. The molecular formula is C92H168N4O16P2. The quantitative estimate of drug-likeness (QED) is 0.0205. The lowest BCUT2D eigenvalue weighted by Crippen LogP contribution is -2.41. The smallest absolute Gasteiger partial charge is 0.327 e. The lowest BCUT2D eigenvalue weighted by atomic mass is 10.1. The van der Waals surface area contributed by atoms with E-state index in [1.54, 1.807) is 12.1 Å². The molecule has 0 saturated carbocycles. The van der Waals surface area contributed by atoms with E-state index in [1.165, 1.54) is 167 Å². The molecule has 0 radical (unpaired) electrons. The first-order valence-corrected chi connectivity index (χ1v) is 50.2. The van der Waals surface area contributed by atoms with Crippen LogP contribution in [-0.4, -0.2) is 139 Å². The number of allylic oxidation sites excluding steroid dienone is 4. The maximum atomic E-state index is 13.8. The number of rotatable bonds is 84. The van der Waals surface area contributed by atoms with Crippen LogP contribution in [0, 0.1) is 0 Å². The summed E-state index contributed by atoms with van der Waals surface area (Å²) in [6.07, 6.45) is 63.6. The molecule has 1 rings (SSSR count). The van der Waals surface area contributed by atoms with Gasteiger partial charge >= 0.3 is 27.1 Å². The summed E-state index contributed by atoms with van der Waals surface area (Å²) < 4.78 is 75.3. The average Bonchev–Trinajstić information content (AvgIpc) is 0.843. The minimum Gasteiger partial charge on any atom is -0.462 e. The molecule has 22 heteroatoms. The Morgan fingerprint density at radius 1 is 0.333 bits per heavy atom. The second kappa shape index (κ2) is 77.4. The van der Waals surface area contributed by atoms with Gasteiger partial charge in [-0.05, 0) is 102 Å². The zero-order valence-electron chi connectivity index (χ0n) is 73.6. The van der Waals surface area contributed by atoms with Gasteiger partial charge in [0.05, 0.1) is 76.1 Å². The normalized spacial score (nSPS) is 13.8. The van der Waals surface area contributed by atoms with Gasteiger partial charge in [-0.3, -0.25) is 37.9 Å². The van der Waals surface area contributed by atoms with E-state index in [0.717, 1.165) is 167 Å². The van der Waals surface area contributed by atoms with E-state index in [9.17, 15) is 37.9 Å². The summed E-state index contributed by atoms with van der Waals surface area (Å²) in [5, 5.41) is 11.6. The van der Waals surface area contributed by atoms with Crippen LogP contribution in [0.15, 0.2) is 48.6 Å². The Kier molecular flexibility index (Phi) is 73.1. The van der Waals surface area contributed by atoms with Crippen molar-refractivity contribution in [3.05, 3.63) is 59.7 Å². The van der Waals surface area contributed by atoms with Crippen molar-refractivity contribution in [1.29, 1.82) is 0 Å². The number of nitrogens with one attached hydrogen (secondary N) is 4. The molecule has 4 N–H and O–H groups in total. The zero-order chi connectivity index (χ0) is 83.3. The lowest BCUT2D eigenvalue weighted by Gasteiger charge is -2.23. The minimum atomic E-state index is -3.75. The third-order valence-electron chi connectivity index (χ3n) is 20.6. The molecule has 0 aliphatic heterocycles. The predicted octanol–water partition coefficient (Wildman–Crippen LogP) is 24.0. The molecule has 0 aliphatic rings. The monoisotopic (exact) mass is 1650 g/mol. The van der Waals surface area contributed by atoms with Gasteiger partial charge in [-0.15, -0.1) is 0 Å². The Balaban J connectivity index is 2.99. The summed E-state index contributed by atoms with van der Waals surface area (Å²) in [5.41, 5.74) is 0.150. The Hall–Kier alpha value is -4.26. The second-order valence-corrected chi connectivity index (χ2v) is 35.9. The van der Waals surface area contributed by atoms with Gasteiger partial charge in [-0.1, -0.05) is 296 Å². The van der Waals surface area contributed by atoms with Gasteiger partial charge in [0.25, 0.3) is 11.8 Å². The molecule has 1 aromatic carbocycles. The predicted molar refractivity (Wildman–Crippen MR) is 469 cm³/mol. The summed E-state index contributed by atoms with van der Waals surface area (Å²) in [6.45, 7) is 15.7.